The second kappa shape index (κ2) is 12.3. The minimum Gasteiger partial charge on any atom is -0.478 e. The van der Waals surface area contributed by atoms with Crippen LogP contribution in [0.2, 0.25) is 0 Å². The molecule has 4 bridgehead atoms. The summed E-state index contributed by atoms with van der Waals surface area (Å²) in [6.07, 6.45) is 9.94. The van der Waals surface area contributed by atoms with Crippen molar-refractivity contribution in [2.24, 2.45) is 17.8 Å². The lowest BCUT2D eigenvalue weighted by Crippen LogP contribution is -2.48. The largest absolute Gasteiger partial charge is 0.478 e. The number of hydrogen-bond acceptors (Lipinski definition) is 5. The number of morpholine rings is 1. The molecule has 5 aliphatic rings. The lowest BCUT2D eigenvalue weighted by Gasteiger charge is -2.57. The van der Waals surface area contributed by atoms with Crippen LogP contribution in [0, 0.1) is 17.8 Å². The molecule has 1 aliphatic heterocycles. The molecule has 7 nitrogen and oxygen atoms in total. The number of benzene rings is 2. The highest BCUT2D eigenvalue weighted by atomic mass is 35.5. The van der Waals surface area contributed by atoms with Gasteiger partial charge in [0.25, 0.3) is 0 Å². The Morgan fingerprint density at radius 2 is 1.60 bits per heavy atom. The molecule has 7 rings (SSSR count). The van der Waals surface area contributed by atoms with Gasteiger partial charge >= 0.3 is 12.1 Å². The molecule has 8 heteroatoms. The van der Waals surface area contributed by atoms with Gasteiger partial charge in [-0.15, -0.1) is 12.4 Å². The molecule has 2 N–H and O–H groups in total. The summed E-state index contributed by atoms with van der Waals surface area (Å²) in [5, 5.41) is 11.9. The zero-order valence-electron chi connectivity index (χ0n) is 22.8. The number of carbonyl (C=O) groups is 2. The van der Waals surface area contributed by atoms with Gasteiger partial charge in [-0.25, -0.2) is 9.59 Å². The molecule has 40 heavy (non-hydrogen) atoms. The number of halogens is 1. The van der Waals surface area contributed by atoms with Crippen molar-refractivity contribution < 1.29 is 24.2 Å². The number of nitrogens with one attached hydrogen (secondary N) is 1. The van der Waals surface area contributed by atoms with Crippen LogP contribution >= 0.6 is 12.4 Å². The number of amides is 1. The second-order valence-corrected chi connectivity index (χ2v) is 12.0. The molecule has 1 heterocycles. The Hall–Kier alpha value is -2.87. The van der Waals surface area contributed by atoms with E-state index in [4.69, 9.17) is 14.6 Å². The molecule has 1 amide bonds. The highest BCUT2D eigenvalue weighted by Crippen LogP contribution is 2.62. The average molecular weight is 567 g/mol. The Kier molecular flexibility index (Phi) is 8.83. The first kappa shape index (κ1) is 28.7. The molecule has 4 saturated carbocycles. The fourth-order valence-corrected chi connectivity index (χ4v) is 7.88. The summed E-state index contributed by atoms with van der Waals surface area (Å²) in [5.41, 5.74) is 4.25. The monoisotopic (exact) mass is 566 g/mol. The molecule has 0 aromatic heterocycles. The van der Waals surface area contributed by atoms with Crippen LogP contribution in [-0.4, -0.2) is 61.5 Å². The molecule has 2 aromatic carbocycles. The van der Waals surface area contributed by atoms with Crippen molar-refractivity contribution >= 4 is 30.5 Å². The van der Waals surface area contributed by atoms with E-state index in [2.05, 4.69) is 16.3 Å². The van der Waals surface area contributed by atoms with Crippen LogP contribution in [0.1, 0.15) is 49.7 Å². The lowest BCUT2D eigenvalue weighted by molar-refractivity contribution is -0.131. The second-order valence-electron chi connectivity index (χ2n) is 12.0. The van der Waals surface area contributed by atoms with Crippen LogP contribution in [-0.2, 0) is 14.9 Å². The summed E-state index contributed by atoms with van der Waals surface area (Å²) in [4.78, 5) is 26.1. The molecule has 0 unspecified atom stereocenters. The molecular weight excluding hydrogens is 528 g/mol. The van der Waals surface area contributed by atoms with Crippen LogP contribution < -0.4 is 10.1 Å². The van der Waals surface area contributed by atoms with Gasteiger partial charge in [0, 0.05) is 37.8 Å². The molecule has 1 saturated heterocycles. The van der Waals surface area contributed by atoms with Gasteiger partial charge < -0.3 is 19.9 Å². The van der Waals surface area contributed by atoms with Crippen LogP contribution in [0.25, 0.3) is 17.2 Å². The number of rotatable bonds is 8. The van der Waals surface area contributed by atoms with Crippen molar-refractivity contribution in [1.29, 1.82) is 0 Å². The van der Waals surface area contributed by atoms with E-state index in [1.165, 1.54) is 44.1 Å². The Morgan fingerprint density at radius 1 is 0.975 bits per heavy atom. The lowest BCUT2D eigenvalue weighted by atomic mass is 9.48. The van der Waals surface area contributed by atoms with Crippen molar-refractivity contribution in [3.05, 3.63) is 59.7 Å². The third-order valence-corrected chi connectivity index (χ3v) is 9.26. The van der Waals surface area contributed by atoms with Gasteiger partial charge in [-0.2, -0.15) is 0 Å². The maximum Gasteiger partial charge on any atom is 0.412 e. The number of carboxylic acid groups (broad SMARTS) is 1. The van der Waals surface area contributed by atoms with Gasteiger partial charge in [-0.1, -0.05) is 30.3 Å². The highest BCUT2D eigenvalue weighted by Gasteiger charge is 2.52. The summed E-state index contributed by atoms with van der Waals surface area (Å²) in [6, 6.07) is 14.2. The molecule has 0 atom stereocenters. The number of carboxylic acids is 1. The maximum absolute atomic E-state index is 12.9. The Balaban J connectivity index is 0.00000323. The highest BCUT2D eigenvalue weighted by molar-refractivity contribution is 5.85. The van der Waals surface area contributed by atoms with E-state index in [-0.39, 0.29) is 17.8 Å². The summed E-state index contributed by atoms with van der Waals surface area (Å²) in [6.45, 7) is 4.61. The minimum absolute atomic E-state index is 0. The van der Waals surface area contributed by atoms with Crippen LogP contribution in [0.4, 0.5) is 4.79 Å². The van der Waals surface area contributed by atoms with Gasteiger partial charge in [0.2, 0.25) is 0 Å². The maximum atomic E-state index is 12.9. The van der Waals surface area contributed by atoms with E-state index in [0.717, 1.165) is 73.4 Å². The third-order valence-electron chi connectivity index (χ3n) is 9.26. The minimum atomic E-state index is -0.958. The van der Waals surface area contributed by atoms with Crippen molar-refractivity contribution in [3.63, 3.8) is 0 Å². The standard InChI is InChI=1S/C32H38N2O5.ClH/c35-30(36)8-3-22-1-4-26(5-2-22)27-6-7-29(39-31(37)33-9-10-34-11-13-38-14-12-34)28(18-27)32-19-23-15-24(20-32)17-25(16-23)21-32;/h1-8,18,23-25H,9-17,19-21H2,(H,33,37)(H,35,36);1H. The van der Waals surface area contributed by atoms with E-state index >= 15 is 0 Å². The predicted molar refractivity (Wildman–Crippen MR) is 157 cm³/mol. The van der Waals surface area contributed by atoms with E-state index < -0.39 is 12.1 Å². The van der Waals surface area contributed by atoms with Crippen molar-refractivity contribution in [2.45, 2.75) is 43.9 Å². The van der Waals surface area contributed by atoms with Crippen LogP contribution in [0.3, 0.4) is 0 Å². The number of ether oxygens (including phenoxy) is 2. The van der Waals surface area contributed by atoms with Crippen LogP contribution in [0.15, 0.2) is 48.5 Å². The van der Waals surface area contributed by atoms with Gasteiger partial charge in [0.05, 0.1) is 13.2 Å². The smallest absolute Gasteiger partial charge is 0.412 e. The first-order chi connectivity index (χ1) is 19.0. The van der Waals surface area contributed by atoms with E-state index in [0.29, 0.717) is 12.3 Å². The van der Waals surface area contributed by atoms with Gasteiger partial charge in [-0.05, 0) is 96.6 Å². The molecule has 0 radical (unpaired) electrons. The Bertz CT molecular complexity index is 1200. The molecule has 2 aromatic rings. The molecule has 5 fully saturated rings. The van der Waals surface area contributed by atoms with E-state index in [1.807, 2.05) is 36.4 Å². The van der Waals surface area contributed by atoms with E-state index in [9.17, 15) is 9.59 Å². The third kappa shape index (κ3) is 6.37. The van der Waals surface area contributed by atoms with Crippen LogP contribution in [0.5, 0.6) is 5.75 Å². The summed E-state index contributed by atoms with van der Waals surface area (Å²) in [7, 11) is 0. The number of nitrogens with zero attached hydrogens (tertiary/aromatic N) is 1. The number of aliphatic carboxylic acids is 1. The SMILES string of the molecule is Cl.O=C(O)C=Cc1ccc(-c2ccc(OC(=O)NCCN3CCOCC3)c(C34CC5CC(CC(C5)C3)C4)c2)cc1. The molecule has 4 aliphatic carbocycles. The van der Waals surface area contributed by atoms with E-state index in [1.54, 1.807) is 6.08 Å². The van der Waals surface area contributed by atoms with Crippen molar-refractivity contribution in [3.8, 4) is 16.9 Å². The normalized spacial score (nSPS) is 27.4. The number of carbonyl (C=O) groups excluding carboxylic acids is 1. The molecule has 0 spiro atoms. The topological polar surface area (TPSA) is 88.1 Å². The van der Waals surface area contributed by atoms with Crippen molar-refractivity contribution in [1.82, 2.24) is 10.2 Å². The quantitative estimate of drug-likeness (QED) is 0.395. The predicted octanol–water partition coefficient (Wildman–Crippen LogP) is 5.76. The Morgan fingerprint density at radius 3 is 2.23 bits per heavy atom. The molecular formula is C32H39ClN2O5. The van der Waals surface area contributed by atoms with Gasteiger partial charge in [0.15, 0.2) is 0 Å². The first-order valence-electron chi connectivity index (χ1n) is 14.4. The zero-order chi connectivity index (χ0) is 26.8. The average Bonchev–Trinajstić information content (AvgIpc) is 2.92. The first-order valence-corrected chi connectivity index (χ1v) is 14.4. The molecule has 214 valence electrons. The summed E-state index contributed by atoms with van der Waals surface area (Å²) < 4.78 is 11.4. The zero-order valence-corrected chi connectivity index (χ0v) is 23.7. The fourth-order valence-electron chi connectivity index (χ4n) is 7.88. The fraction of sp³-hybridized carbons (Fsp3) is 0.500. The van der Waals surface area contributed by atoms with Crippen molar-refractivity contribution in [2.75, 3.05) is 39.4 Å². The number of hydrogen-bond donors (Lipinski definition) is 2. The van der Waals surface area contributed by atoms with Gasteiger partial charge in [0.1, 0.15) is 5.75 Å². The summed E-state index contributed by atoms with van der Waals surface area (Å²) >= 11 is 0. The Labute approximate surface area is 242 Å². The van der Waals surface area contributed by atoms with Gasteiger partial charge in [-0.3, -0.25) is 4.90 Å². The summed E-state index contributed by atoms with van der Waals surface area (Å²) in [5.74, 6) is 2.05.